The van der Waals surface area contributed by atoms with Crippen LogP contribution in [0.2, 0.25) is 0 Å². The number of aromatic nitrogens is 3. The van der Waals surface area contributed by atoms with E-state index in [4.69, 9.17) is 4.74 Å². The number of amides is 1. The molecule has 0 saturated carbocycles. The molecular weight excluding hydrogens is 308 g/mol. The minimum absolute atomic E-state index is 0.0608. The zero-order chi connectivity index (χ0) is 17.3. The molecule has 128 valence electrons. The summed E-state index contributed by atoms with van der Waals surface area (Å²) < 4.78 is 5.44. The summed E-state index contributed by atoms with van der Waals surface area (Å²) in [6.45, 7) is 6.68. The first-order valence-electron chi connectivity index (χ1n) is 8.15. The number of piperidine rings is 1. The van der Waals surface area contributed by atoms with Crippen LogP contribution in [0.15, 0.2) is 18.6 Å². The van der Waals surface area contributed by atoms with E-state index in [1.165, 1.54) is 6.33 Å². The molecule has 0 aromatic carbocycles. The van der Waals surface area contributed by atoms with Gasteiger partial charge in [-0.3, -0.25) is 9.59 Å². The molecule has 7 nitrogen and oxygen atoms in total. The molecule has 1 aliphatic rings. The van der Waals surface area contributed by atoms with Crippen LogP contribution in [0, 0.1) is 5.92 Å². The summed E-state index contributed by atoms with van der Waals surface area (Å²) in [5.74, 6) is -0.373. The van der Waals surface area contributed by atoms with Crippen molar-refractivity contribution in [3.05, 3.63) is 24.2 Å². The van der Waals surface area contributed by atoms with Gasteiger partial charge in [-0.25, -0.2) is 9.97 Å². The lowest BCUT2D eigenvalue weighted by molar-refractivity contribution is -0.161. The van der Waals surface area contributed by atoms with E-state index in [1.54, 1.807) is 17.2 Å². The average molecular weight is 330 g/mol. The van der Waals surface area contributed by atoms with Crippen LogP contribution in [0.5, 0.6) is 0 Å². The molecule has 2 aromatic heterocycles. The molecule has 0 unspecified atom stereocenters. The number of likely N-dealkylation sites (tertiary alicyclic amines) is 1. The van der Waals surface area contributed by atoms with Crippen molar-refractivity contribution < 1.29 is 14.3 Å². The Morgan fingerprint density at radius 1 is 1.25 bits per heavy atom. The van der Waals surface area contributed by atoms with Gasteiger partial charge in [0.05, 0.1) is 23.3 Å². The predicted octanol–water partition coefficient (Wildman–Crippen LogP) is 2.15. The van der Waals surface area contributed by atoms with Crippen molar-refractivity contribution in [2.24, 2.45) is 5.92 Å². The standard InChI is InChI=1S/C17H22N4O3/c1-17(2,3)24-16(23)11-5-8-21(9-6-11)15(22)12-4-7-18-14-13(12)19-10-20-14/h4,7,10-11H,5-6,8-9H2,1-3H3,(H,18,19,20). The van der Waals surface area contributed by atoms with Crippen LogP contribution in [0.25, 0.3) is 11.2 Å². The van der Waals surface area contributed by atoms with Crippen LogP contribution >= 0.6 is 0 Å². The third kappa shape index (κ3) is 3.39. The number of esters is 1. The number of imidazole rings is 1. The average Bonchev–Trinajstić information content (AvgIpc) is 3.01. The molecule has 1 saturated heterocycles. The lowest BCUT2D eigenvalue weighted by Crippen LogP contribution is -2.41. The molecule has 7 heteroatoms. The number of rotatable bonds is 2. The number of carbonyl (C=O) groups is 2. The second kappa shape index (κ2) is 6.22. The van der Waals surface area contributed by atoms with E-state index in [-0.39, 0.29) is 17.8 Å². The van der Waals surface area contributed by atoms with Crippen LogP contribution in [-0.2, 0) is 9.53 Å². The first-order valence-corrected chi connectivity index (χ1v) is 8.15. The molecule has 1 amide bonds. The highest BCUT2D eigenvalue weighted by atomic mass is 16.6. The smallest absolute Gasteiger partial charge is 0.309 e. The Labute approximate surface area is 140 Å². The van der Waals surface area contributed by atoms with Gasteiger partial charge in [-0.2, -0.15) is 0 Å². The maximum absolute atomic E-state index is 12.8. The summed E-state index contributed by atoms with van der Waals surface area (Å²) in [5, 5.41) is 0. The Morgan fingerprint density at radius 2 is 1.96 bits per heavy atom. The van der Waals surface area contributed by atoms with E-state index in [2.05, 4.69) is 15.0 Å². The first kappa shape index (κ1) is 16.4. The van der Waals surface area contributed by atoms with E-state index >= 15 is 0 Å². The van der Waals surface area contributed by atoms with Gasteiger partial charge in [0, 0.05) is 19.3 Å². The summed E-state index contributed by atoms with van der Waals surface area (Å²) in [6.07, 6.45) is 4.36. The SMILES string of the molecule is CC(C)(C)OC(=O)C1CCN(C(=O)c2ccnc3nc[nH]c23)CC1. The molecule has 0 spiro atoms. The van der Waals surface area contributed by atoms with Crippen molar-refractivity contribution in [2.75, 3.05) is 13.1 Å². The fraction of sp³-hybridized carbons (Fsp3) is 0.529. The highest BCUT2D eigenvalue weighted by Crippen LogP contribution is 2.23. The van der Waals surface area contributed by atoms with Gasteiger partial charge in [0.1, 0.15) is 5.60 Å². The topological polar surface area (TPSA) is 88.2 Å². The molecule has 1 N–H and O–H groups in total. The number of ether oxygens (including phenoxy) is 1. The number of pyridine rings is 1. The Morgan fingerprint density at radius 3 is 2.62 bits per heavy atom. The molecule has 1 fully saturated rings. The molecule has 0 aliphatic carbocycles. The summed E-state index contributed by atoms with van der Waals surface area (Å²) >= 11 is 0. The van der Waals surface area contributed by atoms with Crippen molar-refractivity contribution in [3.63, 3.8) is 0 Å². The quantitative estimate of drug-likeness (QED) is 0.852. The van der Waals surface area contributed by atoms with Crippen LogP contribution in [-0.4, -0.2) is 50.4 Å². The minimum atomic E-state index is -0.479. The van der Waals surface area contributed by atoms with E-state index in [0.29, 0.717) is 42.7 Å². The second-order valence-electron chi connectivity index (χ2n) is 7.06. The number of nitrogens with one attached hydrogen (secondary N) is 1. The molecule has 3 rings (SSSR count). The van der Waals surface area contributed by atoms with Gasteiger partial charge in [0.25, 0.3) is 5.91 Å². The third-order valence-electron chi connectivity index (χ3n) is 4.08. The Balaban J connectivity index is 1.65. The molecule has 24 heavy (non-hydrogen) atoms. The van der Waals surface area contributed by atoms with Crippen molar-refractivity contribution in [3.8, 4) is 0 Å². The van der Waals surface area contributed by atoms with Gasteiger partial charge < -0.3 is 14.6 Å². The number of fused-ring (bicyclic) bond motifs is 1. The summed E-state index contributed by atoms with van der Waals surface area (Å²) in [4.78, 5) is 37.8. The highest BCUT2D eigenvalue weighted by Gasteiger charge is 2.31. The summed E-state index contributed by atoms with van der Waals surface area (Å²) in [6, 6.07) is 1.70. The second-order valence-corrected chi connectivity index (χ2v) is 7.06. The number of carbonyl (C=O) groups excluding carboxylic acids is 2. The number of H-pyrrole nitrogens is 1. The van der Waals surface area contributed by atoms with E-state index < -0.39 is 5.60 Å². The van der Waals surface area contributed by atoms with Crippen LogP contribution in [0.4, 0.5) is 0 Å². The van der Waals surface area contributed by atoms with Gasteiger partial charge in [-0.15, -0.1) is 0 Å². The molecule has 0 atom stereocenters. The predicted molar refractivity (Wildman–Crippen MR) is 88.4 cm³/mol. The van der Waals surface area contributed by atoms with Crippen molar-refractivity contribution in [1.82, 2.24) is 19.9 Å². The first-order chi connectivity index (χ1) is 11.3. The molecular formula is C17H22N4O3. The normalized spacial score (nSPS) is 16.4. The van der Waals surface area contributed by atoms with Crippen LogP contribution in [0.3, 0.4) is 0 Å². The minimum Gasteiger partial charge on any atom is -0.460 e. The monoisotopic (exact) mass is 330 g/mol. The largest absolute Gasteiger partial charge is 0.460 e. The van der Waals surface area contributed by atoms with Gasteiger partial charge in [0.15, 0.2) is 5.65 Å². The lowest BCUT2D eigenvalue weighted by Gasteiger charge is -2.32. The van der Waals surface area contributed by atoms with Gasteiger partial charge in [-0.1, -0.05) is 0 Å². The van der Waals surface area contributed by atoms with E-state index in [9.17, 15) is 9.59 Å². The zero-order valence-corrected chi connectivity index (χ0v) is 14.2. The molecule has 3 heterocycles. The number of nitrogens with zero attached hydrogens (tertiary/aromatic N) is 3. The van der Waals surface area contributed by atoms with Gasteiger partial charge in [-0.05, 0) is 39.7 Å². The maximum atomic E-state index is 12.8. The fourth-order valence-corrected chi connectivity index (χ4v) is 2.90. The molecule has 0 radical (unpaired) electrons. The number of hydrogen-bond acceptors (Lipinski definition) is 5. The molecule has 2 aromatic rings. The Kier molecular flexibility index (Phi) is 4.26. The highest BCUT2D eigenvalue weighted by molar-refractivity contribution is 6.03. The fourth-order valence-electron chi connectivity index (χ4n) is 2.90. The molecule has 0 bridgehead atoms. The van der Waals surface area contributed by atoms with Crippen molar-refractivity contribution >= 4 is 23.0 Å². The lowest BCUT2D eigenvalue weighted by atomic mass is 9.96. The third-order valence-corrected chi connectivity index (χ3v) is 4.08. The van der Waals surface area contributed by atoms with E-state index in [1.807, 2.05) is 20.8 Å². The van der Waals surface area contributed by atoms with Gasteiger partial charge >= 0.3 is 5.97 Å². The Bertz CT molecular complexity index is 755. The summed E-state index contributed by atoms with van der Waals surface area (Å²) in [5.41, 5.74) is 1.27. The summed E-state index contributed by atoms with van der Waals surface area (Å²) in [7, 11) is 0. The molecule has 1 aliphatic heterocycles. The van der Waals surface area contributed by atoms with Gasteiger partial charge in [0.2, 0.25) is 0 Å². The van der Waals surface area contributed by atoms with Crippen molar-refractivity contribution in [2.45, 2.75) is 39.2 Å². The van der Waals surface area contributed by atoms with Crippen molar-refractivity contribution in [1.29, 1.82) is 0 Å². The number of hydrogen-bond donors (Lipinski definition) is 1. The van der Waals surface area contributed by atoms with Crippen LogP contribution in [0.1, 0.15) is 44.0 Å². The van der Waals surface area contributed by atoms with Crippen LogP contribution < -0.4 is 0 Å². The Hall–Kier alpha value is -2.44. The number of aromatic amines is 1. The zero-order valence-electron chi connectivity index (χ0n) is 14.2. The van der Waals surface area contributed by atoms with E-state index in [0.717, 1.165) is 0 Å². The maximum Gasteiger partial charge on any atom is 0.309 e.